The van der Waals surface area contributed by atoms with Gasteiger partial charge in [-0.15, -0.1) is 5.10 Å². The molecule has 0 radical (unpaired) electrons. The van der Waals surface area contributed by atoms with E-state index in [9.17, 15) is 9.59 Å². The summed E-state index contributed by atoms with van der Waals surface area (Å²) in [6.07, 6.45) is 1.96. The summed E-state index contributed by atoms with van der Waals surface area (Å²) in [7, 11) is 1.64. The Kier molecular flexibility index (Phi) is 3.62. The summed E-state index contributed by atoms with van der Waals surface area (Å²) in [4.78, 5) is 26.5. The fourth-order valence-electron chi connectivity index (χ4n) is 2.75. The van der Waals surface area contributed by atoms with Crippen LogP contribution in [0.3, 0.4) is 0 Å². The van der Waals surface area contributed by atoms with E-state index in [2.05, 4.69) is 15.6 Å². The smallest absolute Gasteiger partial charge is 0.271 e. The first-order valence-corrected chi connectivity index (χ1v) is 7.11. The van der Waals surface area contributed by atoms with Crippen molar-refractivity contribution in [3.05, 3.63) is 42.2 Å². The average molecular weight is 299 g/mol. The molecule has 3 rings (SSSR count). The van der Waals surface area contributed by atoms with Gasteiger partial charge in [0.2, 0.25) is 5.91 Å². The van der Waals surface area contributed by atoms with Gasteiger partial charge in [0.1, 0.15) is 11.7 Å². The minimum Gasteiger partial charge on any atom is -0.339 e. The normalized spacial score (nSPS) is 21.2. The van der Waals surface area contributed by atoms with Crippen LogP contribution in [0.1, 0.15) is 23.8 Å². The maximum Gasteiger partial charge on any atom is 0.271 e. The quantitative estimate of drug-likeness (QED) is 0.906. The van der Waals surface area contributed by atoms with E-state index in [-0.39, 0.29) is 17.9 Å². The van der Waals surface area contributed by atoms with Gasteiger partial charge in [-0.2, -0.15) is 0 Å². The summed E-state index contributed by atoms with van der Waals surface area (Å²) in [5, 5.41) is 10.2. The number of nitrogens with zero attached hydrogens (tertiary/aromatic N) is 4. The second-order valence-corrected chi connectivity index (χ2v) is 5.40. The summed E-state index contributed by atoms with van der Waals surface area (Å²) >= 11 is 0. The molecular weight excluding hydrogens is 282 g/mol. The summed E-state index contributed by atoms with van der Waals surface area (Å²) in [5.74, 6) is -0.435. The molecule has 1 saturated heterocycles. The summed E-state index contributed by atoms with van der Waals surface area (Å²) in [6.45, 7) is 1.97. The molecule has 1 N–H and O–H groups in total. The lowest BCUT2D eigenvalue weighted by Crippen LogP contribution is -2.42. The van der Waals surface area contributed by atoms with Crippen LogP contribution in [0.15, 0.2) is 36.5 Å². The highest BCUT2D eigenvalue weighted by molar-refractivity contribution is 6.03. The molecular formula is C15H17N5O2. The van der Waals surface area contributed by atoms with E-state index in [0.29, 0.717) is 12.1 Å². The van der Waals surface area contributed by atoms with E-state index < -0.39 is 6.04 Å². The van der Waals surface area contributed by atoms with Crippen molar-refractivity contribution in [3.8, 4) is 0 Å². The third kappa shape index (κ3) is 2.45. The number of carbonyl (C=O) groups excluding carboxylic acids is 2. The highest BCUT2D eigenvalue weighted by atomic mass is 16.2. The fourth-order valence-corrected chi connectivity index (χ4v) is 2.75. The van der Waals surface area contributed by atoms with Crippen LogP contribution in [0.25, 0.3) is 0 Å². The van der Waals surface area contributed by atoms with Crippen molar-refractivity contribution in [1.29, 1.82) is 0 Å². The zero-order chi connectivity index (χ0) is 15.7. The molecule has 2 aromatic rings. The lowest BCUT2D eigenvalue weighted by molar-refractivity contribution is -0.118. The van der Waals surface area contributed by atoms with Crippen molar-refractivity contribution < 1.29 is 9.59 Å². The standard InChI is InChI=1S/C15H17N5O2/c1-10-8-12(17-14(21)13-9-16-18-19(13)2)15(22)20(10)11-6-4-3-5-7-11/h3-7,9-10,12H,8H2,1-2H3,(H,17,21). The van der Waals surface area contributed by atoms with E-state index in [1.54, 1.807) is 11.9 Å². The molecule has 2 amide bonds. The molecule has 0 saturated carbocycles. The topological polar surface area (TPSA) is 80.1 Å². The molecule has 114 valence electrons. The first-order chi connectivity index (χ1) is 10.6. The maximum absolute atomic E-state index is 12.6. The number of rotatable bonds is 3. The van der Waals surface area contributed by atoms with Crippen LogP contribution in [0.5, 0.6) is 0 Å². The van der Waals surface area contributed by atoms with Crippen LogP contribution < -0.4 is 10.2 Å². The van der Waals surface area contributed by atoms with Crippen molar-refractivity contribution in [3.63, 3.8) is 0 Å². The second-order valence-electron chi connectivity index (χ2n) is 5.40. The van der Waals surface area contributed by atoms with Gasteiger partial charge in [0.05, 0.1) is 6.20 Å². The molecule has 2 unspecified atom stereocenters. The summed E-state index contributed by atoms with van der Waals surface area (Å²) in [6, 6.07) is 8.98. The minimum atomic E-state index is -0.530. The molecule has 1 fully saturated rings. The van der Waals surface area contributed by atoms with Gasteiger partial charge in [-0.3, -0.25) is 9.59 Å². The number of hydrogen-bond donors (Lipinski definition) is 1. The Bertz CT molecular complexity index is 697. The van der Waals surface area contributed by atoms with Crippen molar-refractivity contribution in [2.45, 2.75) is 25.4 Å². The molecule has 22 heavy (non-hydrogen) atoms. The van der Waals surface area contributed by atoms with E-state index >= 15 is 0 Å². The Labute approximate surface area is 127 Å². The van der Waals surface area contributed by atoms with Crippen molar-refractivity contribution in [1.82, 2.24) is 20.3 Å². The van der Waals surface area contributed by atoms with Crippen molar-refractivity contribution in [2.75, 3.05) is 4.90 Å². The van der Waals surface area contributed by atoms with Crippen LogP contribution in [0, 0.1) is 0 Å². The number of hydrogen-bond acceptors (Lipinski definition) is 4. The number of aromatic nitrogens is 3. The van der Waals surface area contributed by atoms with Crippen LogP contribution in [-0.4, -0.2) is 38.9 Å². The van der Waals surface area contributed by atoms with Gasteiger partial charge >= 0.3 is 0 Å². The molecule has 0 aliphatic carbocycles. The maximum atomic E-state index is 12.6. The van der Waals surface area contributed by atoms with Gasteiger partial charge in [0.25, 0.3) is 5.91 Å². The van der Waals surface area contributed by atoms with Gasteiger partial charge in [0, 0.05) is 18.8 Å². The number of amides is 2. The Morgan fingerprint density at radius 1 is 1.32 bits per heavy atom. The van der Waals surface area contributed by atoms with Gasteiger partial charge in [-0.1, -0.05) is 23.4 Å². The Balaban J connectivity index is 1.76. The number of carbonyl (C=O) groups is 2. The van der Waals surface area contributed by atoms with E-state index in [1.165, 1.54) is 10.9 Å². The zero-order valence-electron chi connectivity index (χ0n) is 12.4. The average Bonchev–Trinajstić information content (AvgIpc) is 3.04. The molecule has 1 aromatic heterocycles. The lowest BCUT2D eigenvalue weighted by Gasteiger charge is -2.21. The molecule has 7 heteroatoms. The summed E-state index contributed by atoms with van der Waals surface area (Å²) < 4.78 is 1.38. The molecule has 1 aliphatic rings. The molecule has 1 aliphatic heterocycles. The van der Waals surface area contributed by atoms with Crippen molar-refractivity contribution in [2.24, 2.45) is 7.05 Å². The number of nitrogens with one attached hydrogen (secondary N) is 1. The monoisotopic (exact) mass is 299 g/mol. The van der Waals surface area contributed by atoms with E-state index in [1.807, 2.05) is 37.3 Å². The molecule has 2 heterocycles. The van der Waals surface area contributed by atoms with E-state index in [0.717, 1.165) is 5.69 Å². The Morgan fingerprint density at radius 3 is 2.68 bits per heavy atom. The van der Waals surface area contributed by atoms with Crippen molar-refractivity contribution >= 4 is 17.5 Å². The van der Waals surface area contributed by atoms with Gasteiger partial charge in [0.15, 0.2) is 0 Å². The molecule has 2 atom stereocenters. The van der Waals surface area contributed by atoms with Gasteiger partial charge < -0.3 is 10.2 Å². The first kappa shape index (κ1) is 14.2. The highest BCUT2D eigenvalue weighted by Crippen LogP contribution is 2.26. The van der Waals surface area contributed by atoms with Gasteiger partial charge in [-0.05, 0) is 25.5 Å². The molecule has 0 bridgehead atoms. The molecule has 1 aromatic carbocycles. The number of benzene rings is 1. The predicted octanol–water partition coefficient (Wildman–Crippen LogP) is 0.739. The molecule has 0 spiro atoms. The van der Waals surface area contributed by atoms with Gasteiger partial charge in [-0.25, -0.2) is 4.68 Å². The summed E-state index contributed by atoms with van der Waals surface area (Å²) in [5.41, 5.74) is 1.18. The number of aryl methyl sites for hydroxylation is 1. The molecule has 7 nitrogen and oxygen atoms in total. The largest absolute Gasteiger partial charge is 0.339 e. The van der Waals surface area contributed by atoms with E-state index in [4.69, 9.17) is 0 Å². The number of anilines is 1. The van der Waals surface area contributed by atoms with Crippen LogP contribution in [0.4, 0.5) is 5.69 Å². The second kappa shape index (κ2) is 5.59. The third-order valence-corrected chi connectivity index (χ3v) is 3.84. The zero-order valence-corrected chi connectivity index (χ0v) is 12.4. The lowest BCUT2D eigenvalue weighted by atomic mass is 10.2. The minimum absolute atomic E-state index is 0.0323. The first-order valence-electron chi connectivity index (χ1n) is 7.11. The third-order valence-electron chi connectivity index (χ3n) is 3.84. The van der Waals surface area contributed by atoms with Crippen LogP contribution >= 0.6 is 0 Å². The van der Waals surface area contributed by atoms with Crippen LogP contribution in [0.2, 0.25) is 0 Å². The Morgan fingerprint density at radius 2 is 2.05 bits per heavy atom. The Hall–Kier alpha value is -2.70. The fraction of sp³-hybridized carbons (Fsp3) is 0.333. The highest BCUT2D eigenvalue weighted by Gasteiger charge is 2.39. The van der Waals surface area contributed by atoms with Crippen LogP contribution in [-0.2, 0) is 11.8 Å². The SMILES string of the molecule is CC1CC(NC(=O)c2cnnn2C)C(=O)N1c1ccccc1. The predicted molar refractivity (Wildman–Crippen MR) is 80.3 cm³/mol. The number of para-hydroxylation sites is 1.